The number of hydrogen-bond acceptors (Lipinski definition) is 0. The molecule has 0 bridgehead atoms. The summed E-state index contributed by atoms with van der Waals surface area (Å²) in [5, 5.41) is 0.363. The van der Waals surface area contributed by atoms with Crippen molar-refractivity contribution in [2.45, 2.75) is 25.4 Å². The standard InChI is InChI=1S/C16H14ClF3/c1-11-6-8-12(9-7-11)14(10-16(18,19)20)13-4-2-3-5-15(13)17/h2-9,14H,10H2,1H3/t14-/m0/s1. The Balaban J connectivity index is 2.45. The van der Waals surface area contributed by atoms with Gasteiger partial charge in [-0.15, -0.1) is 0 Å². The van der Waals surface area contributed by atoms with Crippen LogP contribution in [0.15, 0.2) is 48.5 Å². The Kier molecular flexibility index (Phi) is 4.39. The molecule has 2 aromatic carbocycles. The van der Waals surface area contributed by atoms with E-state index in [2.05, 4.69) is 0 Å². The summed E-state index contributed by atoms with van der Waals surface area (Å²) in [5.41, 5.74) is 2.15. The molecule has 2 aromatic rings. The van der Waals surface area contributed by atoms with Crippen molar-refractivity contribution in [1.29, 1.82) is 0 Å². The first kappa shape index (κ1) is 14.9. The van der Waals surface area contributed by atoms with E-state index in [-0.39, 0.29) is 0 Å². The Morgan fingerprint density at radius 3 is 2.15 bits per heavy atom. The van der Waals surface area contributed by atoms with Crippen molar-refractivity contribution in [2.24, 2.45) is 0 Å². The van der Waals surface area contributed by atoms with E-state index in [4.69, 9.17) is 11.6 Å². The number of alkyl halides is 3. The molecule has 0 heterocycles. The van der Waals surface area contributed by atoms with Gasteiger partial charge in [0.1, 0.15) is 0 Å². The monoisotopic (exact) mass is 298 g/mol. The zero-order valence-corrected chi connectivity index (χ0v) is 11.7. The second-order valence-corrected chi connectivity index (χ2v) is 5.21. The van der Waals surface area contributed by atoms with Gasteiger partial charge in [0.15, 0.2) is 0 Å². The number of halogens is 4. The molecule has 0 saturated heterocycles. The first-order valence-electron chi connectivity index (χ1n) is 6.24. The molecule has 1 atom stereocenters. The lowest BCUT2D eigenvalue weighted by atomic mass is 9.88. The first-order chi connectivity index (χ1) is 9.37. The summed E-state index contributed by atoms with van der Waals surface area (Å²) in [6.45, 7) is 1.90. The highest BCUT2D eigenvalue weighted by molar-refractivity contribution is 6.31. The van der Waals surface area contributed by atoms with Crippen molar-refractivity contribution in [2.75, 3.05) is 0 Å². The largest absolute Gasteiger partial charge is 0.390 e. The number of aryl methyl sites for hydroxylation is 1. The summed E-state index contributed by atoms with van der Waals surface area (Å²) >= 11 is 6.06. The molecular weight excluding hydrogens is 285 g/mol. The maximum atomic E-state index is 12.8. The number of benzene rings is 2. The summed E-state index contributed by atoms with van der Waals surface area (Å²) in [4.78, 5) is 0. The quantitative estimate of drug-likeness (QED) is 0.678. The molecule has 0 aromatic heterocycles. The van der Waals surface area contributed by atoms with Gasteiger partial charge in [-0.3, -0.25) is 0 Å². The maximum Gasteiger partial charge on any atom is 0.390 e. The molecule has 0 spiro atoms. The highest BCUT2D eigenvalue weighted by Gasteiger charge is 2.34. The lowest BCUT2D eigenvalue weighted by Gasteiger charge is -2.21. The predicted molar refractivity (Wildman–Crippen MR) is 75.1 cm³/mol. The Bertz CT molecular complexity index is 573. The van der Waals surface area contributed by atoms with Gasteiger partial charge in [-0.1, -0.05) is 59.6 Å². The second-order valence-electron chi connectivity index (χ2n) is 4.80. The first-order valence-corrected chi connectivity index (χ1v) is 6.62. The zero-order valence-electron chi connectivity index (χ0n) is 10.9. The van der Waals surface area contributed by atoms with E-state index in [0.29, 0.717) is 16.1 Å². The van der Waals surface area contributed by atoms with Gasteiger partial charge in [0.05, 0.1) is 6.42 Å². The van der Waals surface area contributed by atoms with Crippen LogP contribution < -0.4 is 0 Å². The van der Waals surface area contributed by atoms with E-state index in [9.17, 15) is 13.2 Å². The molecule has 106 valence electrons. The van der Waals surface area contributed by atoms with Crippen molar-refractivity contribution in [3.63, 3.8) is 0 Å². The minimum Gasteiger partial charge on any atom is -0.171 e. The van der Waals surface area contributed by atoms with Gasteiger partial charge < -0.3 is 0 Å². The topological polar surface area (TPSA) is 0 Å². The van der Waals surface area contributed by atoms with Crippen molar-refractivity contribution in [1.82, 2.24) is 0 Å². The summed E-state index contributed by atoms with van der Waals surface area (Å²) in [6, 6.07) is 13.8. The summed E-state index contributed by atoms with van der Waals surface area (Å²) < 4.78 is 38.5. The molecule has 4 heteroatoms. The molecule has 0 aliphatic rings. The molecule has 0 saturated carbocycles. The fourth-order valence-electron chi connectivity index (χ4n) is 2.20. The summed E-state index contributed by atoms with van der Waals surface area (Å²) in [7, 11) is 0. The van der Waals surface area contributed by atoms with Crippen LogP contribution in [0.2, 0.25) is 5.02 Å². The average molecular weight is 299 g/mol. The predicted octanol–water partition coefficient (Wildman–Crippen LogP) is 5.73. The van der Waals surface area contributed by atoms with Gasteiger partial charge in [0, 0.05) is 10.9 Å². The molecule has 0 fully saturated rings. The molecule has 0 nitrogen and oxygen atoms in total. The van der Waals surface area contributed by atoms with Crippen LogP contribution in [0.1, 0.15) is 29.0 Å². The molecule has 2 rings (SSSR count). The fraction of sp³-hybridized carbons (Fsp3) is 0.250. The van der Waals surface area contributed by atoms with Gasteiger partial charge in [-0.05, 0) is 24.1 Å². The highest BCUT2D eigenvalue weighted by Crippen LogP contribution is 2.38. The van der Waals surface area contributed by atoms with Crippen LogP contribution in [0.3, 0.4) is 0 Å². The van der Waals surface area contributed by atoms with Gasteiger partial charge in [-0.25, -0.2) is 0 Å². The van der Waals surface area contributed by atoms with Crippen molar-refractivity contribution >= 4 is 11.6 Å². The van der Waals surface area contributed by atoms with Gasteiger partial charge in [0.25, 0.3) is 0 Å². The summed E-state index contributed by atoms with van der Waals surface area (Å²) in [6.07, 6.45) is -5.16. The Morgan fingerprint density at radius 1 is 1.00 bits per heavy atom. The Labute approximate surface area is 121 Å². The Hall–Kier alpha value is -1.48. The third kappa shape index (κ3) is 3.76. The zero-order chi connectivity index (χ0) is 14.8. The smallest absolute Gasteiger partial charge is 0.171 e. The van der Waals surface area contributed by atoms with E-state index in [1.807, 2.05) is 19.1 Å². The normalized spacial score (nSPS) is 13.2. The van der Waals surface area contributed by atoms with Gasteiger partial charge >= 0.3 is 6.18 Å². The molecule has 0 N–H and O–H groups in total. The van der Waals surface area contributed by atoms with E-state index in [1.165, 1.54) is 0 Å². The lowest BCUT2D eigenvalue weighted by Crippen LogP contribution is -2.15. The van der Waals surface area contributed by atoms with E-state index >= 15 is 0 Å². The Morgan fingerprint density at radius 2 is 1.60 bits per heavy atom. The van der Waals surface area contributed by atoms with Crippen LogP contribution in [0.4, 0.5) is 13.2 Å². The van der Waals surface area contributed by atoms with Crippen LogP contribution in [0, 0.1) is 6.92 Å². The lowest BCUT2D eigenvalue weighted by molar-refractivity contribution is -0.136. The van der Waals surface area contributed by atoms with Crippen molar-refractivity contribution in [3.05, 3.63) is 70.2 Å². The third-order valence-electron chi connectivity index (χ3n) is 3.20. The third-order valence-corrected chi connectivity index (χ3v) is 3.54. The second kappa shape index (κ2) is 5.88. The van der Waals surface area contributed by atoms with Crippen LogP contribution in [0.25, 0.3) is 0 Å². The molecule has 0 aliphatic heterocycles. The molecule has 20 heavy (non-hydrogen) atoms. The minimum absolute atomic E-state index is 0.363. The molecular formula is C16H14ClF3. The minimum atomic E-state index is -4.24. The molecule has 0 aliphatic carbocycles. The van der Waals surface area contributed by atoms with E-state index < -0.39 is 18.5 Å². The maximum absolute atomic E-state index is 12.8. The van der Waals surface area contributed by atoms with Gasteiger partial charge in [-0.2, -0.15) is 13.2 Å². The van der Waals surface area contributed by atoms with Crippen molar-refractivity contribution in [3.8, 4) is 0 Å². The van der Waals surface area contributed by atoms with Crippen LogP contribution in [-0.4, -0.2) is 6.18 Å². The molecule has 0 radical (unpaired) electrons. The van der Waals surface area contributed by atoms with E-state index in [0.717, 1.165) is 5.56 Å². The van der Waals surface area contributed by atoms with Crippen molar-refractivity contribution < 1.29 is 13.2 Å². The highest BCUT2D eigenvalue weighted by atomic mass is 35.5. The molecule has 0 unspecified atom stereocenters. The fourth-order valence-corrected chi connectivity index (χ4v) is 2.46. The number of rotatable bonds is 3. The average Bonchev–Trinajstić information content (AvgIpc) is 2.37. The molecule has 0 amide bonds. The van der Waals surface area contributed by atoms with Crippen LogP contribution in [-0.2, 0) is 0 Å². The van der Waals surface area contributed by atoms with Gasteiger partial charge in [0.2, 0.25) is 0 Å². The number of hydrogen-bond donors (Lipinski definition) is 0. The van der Waals surface area contributed by atoms with Crippen LogP contribution >= 0.6 is 11.6 Å². The van der Waals surface area contributed by atoms with Crippen LogP contribution in [0.5, 0.6) is 0 Å². The SMILES string of the molecule is Cc1ccc([C@H](CC(F)(F)F)c2ccccc2Cl)cc1. The van der Waals surface area contributed by atoms with E-state index in [1.54, 1.807) is 36.4 Å². The summed E-state index contributed by atoms with van der Waals surface area (Å²) in [5.74, 6) is -0.774.